The SMILES string of the molecule is CC(=O)[C@]12C[C@@H]1[C@@H](n1cnc3c(Cl)nc(Cl)nc31)[C@@H]1OC(C)(C)O[C@@H]12. The lowest BCUT2D eigenvalue weighted by atomic mass is 9.95. The van der Waals surface area contributed by atoms with Gasteiger partial charge in [0.15, 0.2) is 16.6 Å². The van der Waals surface area contributed by atoms with Crippen molar-refractivity contribution in [1.29, 1.82) is 0 Å². The van der Waals surface area contributed by atoms with E-state index < -0.39 is 11.2 Å². The van der Waals surface area contributed by atoms with Gasteiger partial charge in [-0.25, -0.2) is 9.97 Å². The molecule has 5 atom stereocenters. The molecule has 1 aliphatic heterocycles. The molecule has 7 nitrogen and oxygen atoms in total. The first-order chi connectivity index (χ1) is 11.7. The Morgan fingerprint density at radius 1 is 1.32 bits per heavy atom. The summed E-state index contributed by atoms with van der Waals surface area (Å²) in [6.45, 7) is 5.38. The number of nitrogens with zero attached hydrogens (tertiary/aromatic N) is 4. The molecule has 0 radical (unpaired) electrons. The second-order valence-corrected chi connectivity index (χ2v) is 8.22. The summed E-state index contributed by atoms with van der Waals surface area (Å²) in [5.74, 6) is -0.461. The summed E-state index contributed by atoms with van der Waals surface area (Å²) in [7, 11) is 0. The molecule has 9 heteroatoms. The standard InChI is InChI=1S/C16H16Cl2N4O3/c1-6(23)16-4-7(16)9(10-11(16)25-15(2,3)24-10)22-5-19-8-12(17)20-14(18)21-13(8)22/h5,7,9-11H,4H2,1-3H3/t7-,9-,10+,11+,16-/m1/s1. The summed E-state index contributed by atoms with van der Waals surface area (Å²) < 4.78 is 14.2. The van der Waals surface area contributed by atoms with Gasteiger partial charge >= 0.3 is 0 Å². The van der Waals surface area contributed by atoms with Crippen molar-refractivity contribution in [3.05, 3.63) is 16.8 Å². The topological polar surface area (TPSA) is 79.1 Å². The lowest BCUT2D eigenvalue weighted by Crippen LogP contribution is -2.34. The van der Waals surface area contributed by atoms with Crippen LogP contribution >= 0.6 is 23.2 Å². The van der Waals surface area contributed by atoms with Crippen molar-refractivity contribution in [1.82, 2.24) is 19.5 Å². The molecule has 1 saturated heterocycles. The van der Waals surface area contributed by atoms with Gasteiger partial charge in [-0.05, 0) is 44.7 Å². The van der Waals surface area contributed by atoms with Gasteiger partial charge in [-0.1, -0.05) is 11.6 Å². The highest BCUT2D eigenvalue weighted by atomic mass is 35.5. The minimum Gasteiger partial charge on any atom is -0.343 e. The summed E-state index contributed by atoms with van der Waals surface area (Å²) in [4.78, 5) is 25.0. The predicted octanol–water partition coefficient (Wildman–Crippen LogP) is 2.80. The highest BCUT2D eigenvalue weighted by Gasteiger charge is 2.78. The van der Waals surface area contributed by atoms with Gasteiger partial charge in [0.05, 0.1) is 17.8 Å². The molecule has 0 bridgehead atoms. The fourth-order valence-electron chi connectivity index (χ4n) is 4.76. The van der Waals surface area contributed by atoms with Gasteiger partial charge in [-0.3, -0.25) is 4.79 Å². The zero-order valence-corrected chi connectivity index (χ0v) is 15.4. The smallest absolute Gasteiger partial charge is 0.225 e. The fraction of sp³-hybridized carbons (Fsp3) is 0.625. The van der Waals surface area contributed by atoms with E-state index >= 15 is 0 Å². The second-order valence-electron chi connectivity index (χ2n) is 7.53. The molecule has 0 spiro atoms. The van der Waals surface area contributed by atoms with Crippen LogP contribution in [0.2, 0.25) is 10.4 Å². The monoisotopic (exact) mass is 382 g/mol. The van der Waals surface area contributed by atoms with Crippen LogP contribution < -0.4 is 0 Å². The van der Waals surface area contributed by atoms with Crippen molar-refractivity contribution in [2.24, 2.45) is 11.3 Å². The van der Waals surface area contributed by atoms with E-state index in [1.165, 1.54) is 0 Å². The van der Waals surface area contributed by atoms with Crippen LogP contribution in [0.25, 0.3) is 11.2 Å². The number of hydrogen-bond acceptors (Lipinski definition) is 6. The Kier molecular flexibility index (Phi) is 3.00. The first-order valence-corrected chi connectivity index (χ1v) is 8.92. The summed E-state index contributed by atoms with van der Waals surface area (Å²) in [5, 5.41) is 0.271. The Bertz CT molecular complexity index is 929. The van der Waals surface area contributed by atoms with Crippen LogP contribution in [0.5, 0.6) is 0 Å². The molecule has 3 heterocycles. The summed E-state index contributed by atoms with van der Waals surface area (Å²) >= 11 is 12.1. The Balaban J connectivity index is 1.67. The predicted molar refractivity (Wildman–Crippen MR) is 89.4 cm³/mol. The van der Waals surface area contributed by atoms with E-state index in [-0.39, 0.29) is 40.4 Å². The number of rotatable bonds is 2. The summed E-state index contributed by atoms with van der Waals surface area (Å²) in [6, 6.07) is -0.109. The molecule has 2 saturated carbocycles. The Labute approximate surface area is 153 Å². The van der Waals surface area contributed by atoms with Crippen molar-refractivity contribution in [2.75, 3.05) is 0 Å². The van der Waals surface area contributed by atoms with Crippen LogP contribution in [0, 0.1) is 11.3 Å². The normalized spacial score (nSPS) is 38.0. The number of ether oxygens (including phenoxy) is 2. The second kappa shape index (κ2) is 4.71. The van der Waals surface area contributed by atoms with Gasteiger partial charge in [-0.2, -0.15) is 4.98 Å². The van der Waals surface area contributed by atoms with Crippen molar-refractivity contribution in [3.8, 4) is 0 Å². The largest absolute Gasteiger partial charge is 0.343 e. The van der Waals surface area contributed by atoms with Gasteiger partial charge in [0.1, 0.15) is 23.5 Å². The molecule has 2 aliphatic carbocycles. The molecule has 2 aromatic heterocycles. The number of fused-ring (bicyclic) bond motifs is 4. The molecule has 0 aromatic carbocycles. The average molecular weight is 383 g/mol. The molecule has 5 rings (SSSR count). The van der Waals surface area contributed by atoms with Crippen molar-refractivity contribution < 1.29 is 14.3 Å². The Morgan fingerprint density at radius 3 is 2.80 bits per heavy atom. The quantitative estimate of drug-likeness (QED) is 0.586. The first-order valence-electron chi connectivity index (χ1n) is 8.17. The molecular formula is C16H16Cl2N4O3. The van der Waals surface area contributed by atoms with E-state index in [0.29, 0.717) is 11.2 Å². The molecule has 2 aromatic rings. The number of ketones is 1. The third kappa shape index (κ3) is 1.95. The number of hydrogen-bond donors (Lipinski definition) is 0. The maximum absolute atomic E-state index is 12.4. The van der Waals surface area contributed by atoms with E-state index in [2.05, 4.69) is 15.0 Å². The van der Waals surface area contributed by atoms with Crippen LogP contribution in [0.3, 0.4) is 0 Å². The van der Waals surface area contributed by atoms with Crippen molar-refractivity contribution in [3.63, 3.8) is 0 Å². The highest BCUT2D eigenvalue weighted by molar-refractivity contribution is 6.35. The Morgan fingerprint density at radius 2 is 2.08 bits per heavy atom. The van der Waals surface area contributed by atoms with E-state index in [0.717, 1.165) is 6.42 Å². The highest BCUT2D eigenvalue weighted by Crippen LogP contribution is 2.71. The molecule has 3 fully saturated rings. The molecule has 0 amide bonds. The van der Waals surface area contributed by atoms with E-state index in [4.69, 9.17) is 32.7 Å². The van der Waals surface area contributed by atoms with Crippen LogP contribution in [0.1, 0.15) is 33.2 Å². The van der Waals surface area contributed by atoms with Gasteiger partial charge in [-0.15, -0.1) is 0 Å². The average Bonchev–Trinajstić information content (AvgIpc) is 2.83. The van der Waals surface area contributed by atoms with E-state index in [9.17, 15) is 4.79 Å². The zero-order valence-electron chi connectivity index (χ0n) is 13.9. The molecule has 3 aliphatic rings. The summed E-state index contributed by atoms with van der Waals surface area (Å²) in [6.07, 6.45) is 1.94. The van der Waals surface area contributed by atoms with Gasteiger partial charge in [0.25, 0.3) is 0 Å². The minimum atomic E-state index is -0.732. The molecule has 0 unspecified atom stereocenters. The van der Waals surface area contributed by atoms with Gasteiger partial charge in [0.2, 0.25) is 5.28 Å². The number of aromatic nitrogens is 4. The number of carbonyl (C=O) groups excluding carboxylic acids is 1. The molecule has 132 valence electrons. The third-order valence-electron chi connectivity index (χ3n) is 5.77. The third-order valence-corrected chi connectivity index (χ3v) is 6.21. The number of Topliss-reactive ketones (excluding diaryl/α,β-unsaturated/α-hetero) is 1. The van der Waals surface area contributed by atoms with E-state index in [1.807, 2.05) is 18.4 Å². The maximum atomic E-state index is 12.4. The van der Waals surface area contributed by atoms with Crippen LogP contribution in [-0.2, 0) is 14.3 Å². The maximum Gasteiger partial charge on any atom is 0.225 e. The molecule has 25 heavy (non-hydrogen) atoms. The first kappa shape index (κ1) is 15.9. The van der Waals surface area contributed by atoms with Gasteiger partial charge in [0, 0.05) is 0 Å². The van der Waals surface area contributed by atoms with E-state index in [1.54, 1.807) is 13.3 Å². The summed E-state index contributed by atoms with van der Waals surface area (Å²) in [5.41, 5.74) is 0.551. The lowest BCUT2D eigenvalue weighted by molar-refractivity contribution is -0.163. The van der Waals surface area contributed by atoms with Crippen LogP contribution in [0.4, 0.5) is 0 Å². The van der Waals surface area contributed by atoms with Crippen molar-refractivity contribution >= 4 is 40.1 Å². The molecule has 0 N–H and O–H groups in total. The van der Waals surface area contributed by atoms with Crippen molar-refractivity contribution in [2.45, 2.75) is 51.2 Å². The Hall–Kier alpha value is -1.28. The number of imidazole rings is 1. The minimum absolute atomic E-state index is 0.0614. The number of carbonyl (C=O) groups is 1. The van der Waals surface area contributed by atoms with Gasteiger partial charge < -0.3 is 14.0 Å². The van der Waals surface area contributed by atoms with Crippen LogP contribution in [-0.4, -0.2) is 43.3 Å². The molecular weight excluding hydrogens is 367 g/mol. The fourth-order valence-corrected chi connectivity index (χ4v) is 5.18. The zero-order chi connectivity index (χ0) is 17.7. The lowest BCUT2D eigenvalue weighted by Gasteiger charge is -2.24. The van der Waals surface area contributed by atoms with Crippen LogP contribution in [0.15, 0.2) is 6.33 Å². The number of halogens is 2.